The lowest BCUT2D eigenvalue weighted by Gasteiger charge is -2.31. The summed E-state index contributed by atoms with van der Waals surface area (Å²) in [6.07, 6.45) is 6.68. The molecule has 102 valence electrons. The summed E-state index contributed by atoms with van der Waals surface area (Å²) in [6, 6.07) is 0. The van der Waals surface area contributed by atoms with Gasteiger partial charge in [-0.1, -0.05) is 26.2 Å². The smallest absolute Gasteiger partial charge is 0.150 e. The van der Waals surface area contributed by atoms with Crippen LogP contribution in [0.3, 0.4) is 0 Å². The molecule has 0 aromatic carbocycles. The van der Waals surface area contributed by atoms with E-state index in [1.807, 2.05) is 14.0 Å². The van der Waals surface area contributed by atoms with Gasteiger partial charge in [0.1, 0.15) is 9.84 Å². The zero-order chi connectivity index (χ0) is 12.7. The van der Waals surface area contributed by atoms with E-state index in [1.165, 1.54) is 25.7 Å². The Hall–Kier alpha value is -0.0900. The molecule has 0 saturated heterocycles. The van der Waals surface area contributed by atoms with Crippen molar-refractivity contribution < 1.29 is 8.42 Å². The normalized spacial score (nSPS) is 26.0. The van der Waals surface area contributed by atoms with Crippen molar-refractivity contribution >= 4 is 9.84 Å². The molecule has 17 heavy (non-hydrogen) atoms. The number of rotatable bonds is 7. The van der Waals surface area contributed by atoms with Crippen LogP contribution < -0.4 is 5.32 Å². The Morgan fingerprint density at radius 1 is 1.12 bits per heavy atom. The second kappa shape index (κ2) is 7.37. The minimum atomic E-state index is -2.79. The first-order valence-electron chi connectivity index (χ1n) is 6.94. The molecule has 1 rings (SSSR count). The molecule has 0 heterocycles. The minimum Gasteiger partial charge on any atom is -0.319 e. The average molecular weight is 261 g/mol. The highest BCUT2D eigenvalue weighted by molar-refractivity contribution is 7.91. The molecule has 1 saturated carbocycles. The highest BCUT2D eigenvalue weighted by Gasteiger charge is 2.25. The van der Waals surface area contributed by atoms with Gasteiger partial charge in [-0.25, -0.2) is 8.42 Å². The lowest BCUT2D eigenvalue weighted by Crippen LogP contribution is -2.30. The molecule has 0 aromatic heterocycles. The van der Waals surface area contributed by atoms with E-state index in [0.717, 1.165) is 19.4 Å². The topological polar surface area (TPSA) is 46.2 Å². The van der Waals surface area contributed by atoms with Crippen molar-refractivity contribution in [3.63, 3.8) is 0 Å². The highest BCUT2D eigenvalue weighted by Crippen LogP contribution is 2.32. The molecule has 0 spiro atoms. The Bertz CT molecular complexity index is 299. The van der Waals surface area contributed by atoms with E-state index in [4.69, 9.17) is 0 Å². The summed E-state index contributed by atoms with van der Waals surface area (Å²) in [6.45, 7) is 2.97. The third-order valence-corrected chi connectivity index (χ3v) is 5.74. The first-order chi connectivity index (χ1) is 8.09. The van der Waals surface area contributed by atoms with Crippen molar-refractivity contribution in [1.29, 1.82) is 0 Å². The molecule has 0 amide bonds. The van der Waals surface area contributed by atoms with E-state index in [9.17, 15) is 8.42 Å². The van der Waals surface area contributed by atoms with Gasteiger partial charge in [-0.3, -0.25) is 0 Å². The predicted molar refractivity (Wildman–Crippen MR) is 72.9 cm³/mol. The van der Waals surface area contributed by atoms with Crippen LogP contribution in [0, 0.1) is 11.8 Å². The fourth-order valence-electron chi connectivity index (χ4n) is 2.94. The van der Waals surface area contributed by atoms with Gasteiger partial charge in [0.05, 0.1) is 5.75 Å². The molecule has 0 aliphatic heterocycles. The van der Waals surface area contributed by atoms with E-state index < -0.39 is 9.84 Å². The van der Waals surface area contributed by atoms with Crippen LogP contribution in [0.2, 0.25) is 0 Å². The van der Waals surface area contributed by atoms with Crippen LogP contribution in [0.25, 0.3) is 0 Å². The Morgan fingerprint density at radius 2 is 1.76 bits per heavy atom. The van der Waals surface area contributed by atoms with Gasteiger partial charge in [-0.05, 0) is 44.7 Å². The van der Waals surface area contributed by atoms with E-state index >= 15 is 0 Å². The molecule has 1 fully saturated rings. The fourth-order valence-corrected chi connectivity index (χ4v) is 4.43. The highest BCUT2D eigenvalue weighted by atomic mass is 32.2. The van der Waals surface area contributed by atoms with E-state index in [1.54, 1.807) is 0 Å². The maximum atomic E-state index is 11.7. The van der Waals surface area contributed by atoms with Crippen molar-refractivity contribution in [3.8, 4) is 0 Å². The summed E-state index contributed by atoms with van der Waals surface area (Å²) in [7, 11) is -0.804. The van der Waals surface area contributed by atoms with Crippen molar-refractivity contribution in [1.82, 2.24) is 5.32 Å². The van der Waals surface area contributed by atoms with Gasteiger partial charge in [0.2, 0.25) is 0 Å². The molecule has 3 nitrogen and oxygen atoms in total. The molecule has 0 bridgehead atoms. The summed E-state index contributed by atoms with van der Waals surface area (Å²) in [4.78, 5) is 0. The zero-order valence-electron chi connectivity index (χ0n) is 11.2. The minimum absolute atomic E-state index is 0.358. The molecule has 1 aliphatic rings. The van der Waals surface area contributed by atoms with Crippen molar-refractivity contribution in [3.05, 3.63) is 0 Å². The summed E-state index contributed by atoms with van der Waals surface area (Å²) in [5.41, 5.74) is 0. The summed E-state index contributed by atoms with van der Waals surface area (Å²) < 4.78 is 23.4. The maximum Gasteiger partial charge on any atom is 0.150 e. The van der Waals surface area contributed by atoms with Crippen LogP contribution in [0.15, 0.2) is 0 Å². The lowest BCUT2D eigenvalue weighted by atomic mass is 9.78. The number of nitrogens with one attached hydrogen (secondary N) is 1. The number of hydrogen-bond acceptors (Lipinski definition) is 3. The SMILES string of the molecule is CCCS(=O)(=O)CCC1CCCCC1CNC. The quantitative estimate of drug-likeness (QED) is 0.764. The summed E-state index contributed by atoms with van der Waals surface area (Å²) in [5.74, 6) is 2.05. The van der Waals surface area contributed by atoms with Crippen LogP contribution in [-0.4, -0.2) is 33.5 Å². The summed E-state index contributed by atoms with van der Waals surface area (Å²) in [5, 5.41) is 3.24. The molecule has 1 aliphatic carbocycles. The average Bonchev–Trinajstić information content (AvgIpc) is 2.28. The molecule has 2 atom stereocenters. The van der Waals surface area contributed by atoms with Crippen molar-refractivity contribution in [2.24, 2.45) is 11.8 Å². The van der Waals surface area contributed by atoms with Crippen molar-refractivity contribution in [2.45, 2.75) is 45.4 Å². The Kier molecular flexibility index (Phi) is 6.49. The van der Waals surface area contributed by atoms with E-state index in [2.05, 4.69) is 5.32 Å². The van der Waals surface area contributed by atoms with Gasteiger partial charge in [0.15, 0.2) is 0 Å². The first-order valence-corrected chi connectivity index (χ1v) is 8.76. The van der Waals surface area contributed by atoms with Gasteiger partial charge >= 0.3 is 0 Å². The zero-order valence-corrected chi connectivity index (χ0v) is 12.1. The van der Waals surface area contributed by atoms with Crippen LogP contribution in [0.4, 0.5) is 0 Å². The third-order valence-electron chi connectivity index (χ3n) is 3.85. The molecular formula is C13H27NO2S. The Labute approximate surface area is 106 Å². The van der Waals surface area contributed by atoms with Crippen LogP contribution >= 0.6 is 0 Å². The molecule has 1 N–H and O–H groups in total. The van der Waals surface area contributed by atoms with Crippen molar-refractivity contribution in [2.75, 3.05) is 25.1 Å². The molecule has 0 aromatic rings. The second-order valence-corrected chi connectivity index (χ2v) is 7.61. The largest absolute Gasteiger partial charge is 0.319 e. The third kappa shape index (κ3) is 5.38. The number of hydrogen-bond donors (Lipinski definition) is 1. The van der Waals surface area contributed by atoms with Crippen LogP contribution in [-0.2, 0) is 9.84 Å². The first kappa shape index (κ1) is 15.0. The second-order valence-electron chi connectivity index (χ2n) is 5.30. The summed E-state index contributed by atoms with van der Waals surface area (Å²) >= 11 is 0. The molecule has 0 radical (unpaired) electrons. The fraction of sp³-hybridized carbons (Fsp3) is 1.00. The molecular weight excluding hydrogens is 234 g/mol. The van der Waals surface area contributed by atoms with Gasteiger partial charge in [0, 0.05) is 5.75 Å². The lowest BCUT2D eigenvalue weighted by molar-refractivity contribution is 0.228. The molecule has 4 heteroatoms. The van der Waals surface area contributed by atoms with Crippen LogP contribution in [0.1, 0.15) is 45.4 Å². The van der Waals surface area contributed by atoms with Gasteiger partial charge < -0.3 is 5.32 Å². The monoisotopic (exact) mass is 261 g/mol. The van der Waals surface area contributed by atoms with E-state index in [-0.39, 0.29) is 0 Å². The number of sulfone groups is 1. The Morgan fingerprint density at radius 3 is 2.35 bits per heavy atom. The van der Waals surface area contributed by atoms with Gasteiger partial charge in [-0.2, -0.15) is 0 Å². The predicted octanol–water partition coefficient (Wildman–Crippen LogP) is 2.23. The standard InChI is InChI=1S/C13H27NO2S/c1-3-9-17(15,16)10-8-12-6-4-5-7-13(12)11-14-2/h12-14H,3-11H2,1-2H3. The Balaban J connectivity index is 2.42. The van der Waals surface area contributed by atoms with Gasteiger partial charge in [0.25, 0.3) is 0 Å². The van der Waals surface area contributed by atoms with Crippen LogP contribution in [0.5, 0.6) is 0 Å². The van der Waals surface area contributed by atoms with E-state index in [0.29, 0.717) is 23.3 Å². The maximum absolute atomic E-state index is 11.7. The molecule has 2 unspecified atom stereocenters. The van der Waals surface area contributed by atoms with Gasteiger partial charge in [-0.15, -0.1) is 0 Å².